The first-order chi connectivity index (χ1) is 4.74. The van der Waals surface area contributed by atoms with Crippen molar-refractivity contribution in [2.75, 3.05) is 0 Å². The number of rotatable bonds is 1. The molecule has 0 N–H and O–H groups in total. The lowest BCUT2D eigenvalue weighted by atomic mass is 10.1. The van der Waals surface area contributed by atoms with Gasteiger partial charge < -0.3 is 0 Å². The van der Waals surface area contributed by atoms with Crippen LogP contribution in [0.4, 0.5) is 4.39 Å². The second kappa shape index (κ2) is 3.02. The molecule has 2 heteroatoms. The van der Waals surface area contributed by atoms with Gasteiger partial charge in [0.1, 0.15) is 6.67 Å². The topological polar surface area (TPSA) is 0 Å². The lowest BCUT2D eigenvalue weighted by Gasteiger charge is -1.98. The van der Waals surface area contributed by atoms with E-state index in [1.807, 2.05) is 13.0 Å². The maximum absolute atomic E-state index is 12.1. The molecule has 1 rings (SSSR count). The molecule has 0 bridgehead atoms. The summed E-state index contributed by atoms with van der Waals surface area (Å²) in [5.41, 5.74) is 1.61. The maximum atomic E-state index is 12.1. The van der Waals surface area contributed by atoms with E-state index in [0.29, 0.717) is 10.6 Å². The van der Waals surface area contributed by atoms with Crippen molar-refractivity contribution in [3.8, 4) is 0 Å². The molecule has 0 radical (unpaired) electrons. The number of benzene rings is 1. The van der Waals surface area contributed by atoms with Crippen LogP contribution in [0.2, 0.25) is 5.02 Å². The van der Waals surface area contributed by atoms with E-state index in [-0.39, 0.29) is 0 Å². The molecule has 0 aliphatic carbocycles. The van der Waals surface area contributed by atoms with Crippen molar-refractivity contribution in [2.24, 2.45) is 0 Å². The zero-order valence-electron chi connectivity index (χ0n) is 5.70. The number of hydrogen-bond acceptors (Lipinski definition) is 0. The van der Waals surface area contributed by atoms with Crippen LogP contribution in [-0.4, -0.2) is 0 Å². The SMILES string of the molecule is Cc1ccc(Cl)c(CF)c1. The standard InChI is InChI=1S/C8H8ClF/c1-6-2-3-8(9)7(4-6)5-10/h2-4H,5H2,1H3. The summed E-state index contributed by atoms with van der Waals surface area (Å²) in [6.45, 7) is 1.43. The minimum Gasteiger partial charge on any atom is -0.246 e. The lowest BCUT2D eigenvalue weighted by Crippen LogP contribution is -1.81. The molecule has 0 amide bonds. The number of aryl methyl sites for hydroxylation is 1. The van der Waals surface area contributed by atoms with Gasteiger partial charge in [0.2, 0.25) is 0 Å². The van der Waals surface area contributed by atoms with Crippen molar-refractivity contribution >= 4 is 11.6 Å². The molecule has 0 fully saturated rings. The molecule has 0 aliphatic rings. The Hall–Kier alpha value is -0.560. The summed E-state index contributed by atoms with van der Waals surface area (Å²) in [6, 6.07) is 5.33. The summed E-state index contributed by atoms with van der Waals surface area (Å²) in [5, 5.41) is 0.508. The summed E-state index contributed by atoms with van der Waals surface area (Å²) in [6.07, 6.45) is 0. The van der Waals surface area contributed by atoms with E-state index in [0.717, 1.165) is 5.56 Å². The van der Waals surface area contributed by atoms with Gasteiger partial charge in [0.25, 0.3) is 0 Å². The molecule has 0 atom stereocenters. The highest BCUT2D eigenvalue weighted by Gasteiger charge is 1.97. The van der Waals surface area contributed by atoms with Crippen LogP contribution >= 0.6 is 11.6 Å². The van der Waals surface area contributed by atoms with Gasteiger partial charge in [0.05, 0.1) is 0 Å². The van der Waals surface area contributed by atoms with Crippen LogP contribution in [0.1, 0.15) is 11.1 Å². The maximum Gasteiger partial charge on any atom is 0.116 e. The van der Waals surface area contributed by atoms with E-state index in [4.69, 9.17) is 11.6 Å². The van der Waals surface area contributed by atoms with Crippen molar-refractivity contribution in [2.45, 2.75) is 13.6 Å². The number of alkyl halides is 1. The lowest BCUT2D eigenvalue weighted by molar-refractivity contribution is 0.485. The first-order valence-electron chi connectivity index (χ1n) is 3.05. The van der Waals surface area contributed by atoms with Gasteiger partial charge in [0.15, 0.2) is 0 Å². The molecule has 0 spiro atoms. The zero-order chi connectivity index (χ0) is 7.56. The van der Waals surface area contributed by atoms with E-state index in [1.165, 1.54) is 0 Å². The quantitative estimate of drug-likeness (QED) is 0.589. The first-order valence-corrected chi connectivity index (χ1v) is 3.43. The van der Waals surface area contributed by atoms with Crippen LogP contribution in [-0.2, 0) is 6.67 Å². The fraction of sp³-hybridized carbons (Fsp3) is 0.250. The van der Waals surface area contributed by atoms with Crippen LogP contribution in [0, 0.1) is 6.92 Å². The fourth-order valence-electron chi connectivity index (χ4n) is 0.806. The Kier molecular flexibility index (Phi) is 2.28. The molecule has 1 aromatic rings. The van der Waals surface area contributed by atoms with Crippen LogP contribution in [0.15, 0.2) is 18.2 Å². The van der Waals surface area contributed by atoms with Gasteiger partial charge >= 0.3 is 0 Å². The molecule has 0 aliphatic heterocycles. The monoisotopic (exact) mass is 158 g/mol. The minimum atomic E-state index is -0.486. The second-order valence-corrected chi connectivity index (χ2v) is 2.64. The molecule has 0 aromatic heterocycles. The van der Waals surface area contributed by atoms with Crippen molar-refractivity contribution < 1.29 is 4.39 Å². The van der Waals surface area contributed by atoms with Gasteiger partial charge in [0, 0.05) is 10.6 Å². The van der Waals surface area contributed by atoms with Crippen molar-refractivity contribution in [1.29, 1.82) is 0 Å². The molecule has 1 aromatic carbocycles. The summed E-state index contributed by atoms with van der Waals surface area (Å²) in [5.74, 6) is 0. The van der Waals surface area contributed by atoms with Crippen LogP contribution in [0.25, 0.3) is 0 Å². The van der Waals surface area contributed by atoms with Gasteiger partial charge in [-0.05, 0) is 13.0 Å². The molecular formula is C8H8ClF. The average Bonchev–Trinajstić information content (AvgIpc) is 1.94. The molecule has 0 saturated heterocycles. The van der Waals surface area contributed by atoms with E-state index < -0.39 is 6.67 Å². The van der Waals surface area contributed by atoms with Crippen LogP contribution in [0.3, 0.4) is 0 Å². The minimum absolute atomic E-state index is 0.486. The molecule has 0 nitrogen and oxygen atoms in total. The Morgan fingerprint density at radius 1 is 1.50 bits per heavy atom. The number of hydrogen-bond donors (Lipinski definition) is 0. The molecule has 0 unspecified atom stereocenters. The van der Waals surface area contributed by atoms with E-state index >= 15 is 0 Å². The molecule has 0 heterocycles. The number of halogens is 2. The normalized spacial score (nSPS) is 9.90. The van der Waals surface area contributed by atoms with Gasteiger partial charge in [-0.25, -0.2) is 4.39 Å². The van der Waals surface area contributed by atoms with Crippen molar-refractivity contribution in [1.82, 2.24) is 0 Å². The second-order valence-electron chi connectivity index (χ2n) is 2.23. The van der Waals surface area contributed by atoms with Gasteiger partial charge in [-0.15, -0.1) is 0 Å². The Balaban J connectivity index is 3.09. The van der Waals surface area contributed by atoms with Crippen molar-refractivity contribution in [3.05, 3.63) is 34.3 Å². The fourth-order valence-corrected chi connectivity index (χ4v) is 0.974. The Labute approximate surface area is 64.6 Å². The summed E-state index contributed by atoms with van der Waals surface area (Å²) in [4.78, 5) is 0. The Morgan fingerprint density at radius 3 is 2.70 bits per heavy atom. The highest BCUT2D eigenvalue weighted by Crippen LogP contribution is 2.17. The third-order valence-corrected chi connectivity index (χ3v) is 1.71. The van der Waals surface area contributed by atoms with Crippen molar-refractivity contribution in [3.63, 3.8) is 0 Å². The molecule has 10 heavy (non-hydrogen) atoms. The van der Waals surface area contributed by atoms with E-state index in [1.54, 1.807) is 12.1 Å². The highest BCUT2D eigenvalue weighted by molar-refractivity contribution is 6.31. The average molecular weight is 159 g/mol. The van der Waals surface area contributed by atoms with Gasteiger partial charge in [-0.1, -0.05) is 29.3 Å². The molecule has 54 valence electrons. The first kappa shape index (κ1) is 7.55. The smallest absolute Gasteiger partial charge is 0.116 e. The summed E-state index contributed by atoms with van der Waals surface area (Å²) < 4.78 is 12.1. The van der Waals surface area contributed by atoms with E-state index in [2.05, 4.69) is 0 Å². The zero-order valence-corrected chi connectivity index (χ0v) is 6.45. The molecular weight excluding hydrogens is 151 g/mol. The Morgan fingerprint density at radius 2 is 2.20 bits per heavy atom. The largest absolute Gasteiger partial charge is 0.246 e. The summed E-state index contributed by atoms with van der Waals surface area (Å²) in [7, 11) is 0. The predicted octanol–water partition coefficient (Wildman–Crippen LogP) is 3.12. The van der Waals surface area contributed by atoms with Gasteiger partial charge in [-0.3, -0.25) is 0 Å². The predicted molar refractivity (Wildman–Crippen MR) is 41.0 cm³/mol. The third-order valence-electron chi connectivity index (χ3n) is 1.35. The Bertz CT molecular complexity index is 233. The summed E-state index contributed by atoms with van der Waals surface area (Å²) >= 11 is 5.66. The molecule has 0 saturated carbocycles. The van der Waals surface area contributed by atoms with Crippen LogP contribution < -0.4 is 0 Å². The van der Waals surface area contributed by atoms with E-state index in [9.17, 15) is 4.39 Å². The van der Waals surface area contributed by atoms with Gasteiger partial charge in [-0.2, -0.15) is 0 Å². The van der Waals surface area contributed by atoms with Crippen LogP contribution in [0.5, 0.6) is 0 Å². The third kappa shape index (κ3) is 1.48. The highest BCUT2D eigenvalue weighted by atomic mass is 35.5.